The fourth-order valence-corrected chi connectivity index (χ4v) is 2.94. The van der Waals surface area contributed by atoms with Gasteiger partial charge in [0.15, 0.2) is 0 Å². The third-order valence-electron chi connectivity index (χ3n) is 4.09. The maximum atomic E-state index is 5.71. The second kappa shape index (κ2) is 9.68. The minimum absolute atomic E-state index is 0.960. The molecule has 0 spiro atoms. The van der Waals surface area contributed by atoms with Gasteiger partial charge in [-0.2, -0.15) is 0 Å². The van der Waals surface area contributed by atoms with Gasteiger partial charge < -0.3 is 0 Å². The average Bonchev–Trinajstić information content (AvgIpc) is 2.59. The molecule has 1 N–H and O–H groups in total. The van der Waals surface area contributed by atoms with Gasteiger partial charge in [0.2, 0.25) is 0 Å². The number of nitrogens with one attached hydrogen (secondary N) is 1. The molecule has 3 nitrogen and oxygen atoms in total. The molecule has 1 aliphatic heterocycles. The molecule has 0 aromatic heterocycles. The largest absolute Gasteiger partial charge is 0.298 e. The van der Waals surface area contributed by atoms with Crippen molar-refractivity contribution in [3.63, 3.8) is 0 Å². The first kappa shape index (κ1) is 18.0. The molecule has 0 fully saturated rings. The van der Waals surface area contributed by atoms with E-state index in [1.165, 1.54) is 30.4 Å². The van der Waals surface area contributed by atoms with Crippen molar-refractivity contribution in [1.29, 1.82) is 0 Å². The maximum Gasteiger partial charge on any atom is 0.122 e. The summed E-state index contributed by atoms with van der Waals surface area (Å²) in [7, 11) is 0. The number of hydrogen-bond acceptors (Lipinski definition) is 3. The van der Waals surface area contributed by atoms with Crippen LogP contribution in [0.5, 0.6) is 0 Å². The van der Waals surface area contributed by atoms with E-state index in [2.05, 4.69) is 65.9 Å². The van der Waals surface area contributed by atoms with Crippen molar-refractivity contribution in [2.45, 2.75) is 52.4 Å². The maximum absolute atomic E-state index is 5.71. The van der Waals surface area contributed by atoms with Crippen LogP contribution in [0.3, 0.4) is 0 Å². The lowest BCUT2D eigenvalue weighted by molar-refractivity contribution is 0.111. The fraction of sp³-hybridized carbons (Fsp3) is 0.526. The van der Waals surface area contributed by atoms with E-state index in [9.17, 15) is 0 Å². The van der Waals surface area contributed by atoms with Gasteiger partial charge in [-0.25, -0.2) is 0 Å². The van der Waals surface area contributed by atoms with Crippen LogP contribution in [0.25, 0.3) is 0 Å². The van der Waals surface area contributed by atoms with Gasteiger partial charge in [-0.15, -0.1) is 5.53 Å². The summed E-state index contributed by atoms with van der Waals surface area (Å²) in [5.74, 6) is 0. The van der Waals surface area contributed by atoms with Gasteiger partial charge in [-0.3, -0.25) is 10.0 Å². The molecular formula is C19H29N3S. The second-order valence-corrected chi connectivity index (χ2v) is 6.48. The van der Waals surface area contributed by atoms with Crippen LogP contribution in [0.15, 0.2) is 42.1 Å². The Morgan fingerprint density at radius 3 is 2.35 bits per heavy atom. The van der Waals surface area contributed by atoms with E-state index < -0.39 is 0 Å². The SMILES string of the molecule is CCCCN1C=C(CCc2ccccc2)C(=S)N(CCCC)N1. The Morgan fingerprint density at radius 1 is 0.957 bits per heavy atom. The molecule has 126 valence electrons. The van der Waals surface area contributed by atoms with Gasteiger partial charge in [0.1, 0.15) is 4.99 Å². The summed E-state index contributed by atoms with van der Waals surface area (Å²) in [5, 5.41) is 4.35. The predicted octanol–water partition coefficient (Wildman–Crippen LogP) is 4.47. The van der Waals surface area contributed by atoms with E-state index in [1.54, 1.807) is 0 Å². The Morgan fingerprint density at radius 2 is 1.65 bits per heavy atom. The fourth-order valence-electron chi connectivity index (χ4n) is 2.65. The summed E-state index contributed by atoms with van der Waals surface area (Å²) >= 11 is 5.71. The molecular weight excluding hydrogens is 302 g/mol. The van der Waals surface area contributed by atoms with Gasteiger partial charge in [-0.1, -0.05) is 69.2 Å². The van der Waals surface area contributed by atoms with E-state index in [0.29, 0.717) is 0 Å². The number of benzene rings is 1. The molecule has 0 saturated heterocycles. The highest BCUT2D eigenvalue weighted by molar-refractivity contribution is 7.80. The Balaban J connectivity index is 2.02. The summed E-state index contributed by atoms with van der Waals surface area (Å²) in [5.41, 5.74) is 6.09. The third-order valence-corrected chi connectivity index (χ3v) is 4.58. The summed E-state index contributed by atoms with van der Waals surface area (Å²) < 4.78 is 0. The van der Waals surface area contributed by atoms with Crippen LogP contribution in [0, 0.1) is 0 Å². The molecule has 0 radical (unpaired) electrons. The molecule has 0 aliphatic carbocycles. The highest BCUT2D eigenvalue weighted by Gasteiger charge is 2.21. The van der Waals surface area contributed by atoms with Crippen LogP contribution in [-0.2, 0) is 6.42 Å². The Kier molecular flexibility index (Phi) is 7.56. The molecule has 0 bridgehead atoms. The summed E-state index contributed by atoms with van der Waals surface area (Å²) in [6.45, 7) is 6.44. The number of rotatable bonds is 9. The average molecular weight is 332 g/mol. The topological polar surface area (TPSA) is 18.5 Å². The van der Waals surface area contributed by atoms with E-state index in [-0.39, 0.29) is 0 Å². The standard InChI is InChI=1S/C19H29N3S/c1-3-5-14-21-16-18(13-12-17-10-8-7-9-11-17)19(23)22(20-21)15-6-4-2/h7-11,16,20H,3-6,12-15H2,1-2H3. The predicted molar refractivity (Wildman–Crippen MR) is 102 cm³/mol. The number of aryl methyl sites for hydroxylation is 1. The molecule has 1 heterocycles. The lowest BCUT2D eigenvalue weighted by Crippen LogP contribution is -2.54. The normalized spacial score (nSPS) is 15.0. The molecule has 0 amide bonds. The second-order valence-electron chi connectivity index (χ2n) is 6.10. The Hall–Kier alpha value is -1.39. The van der Waals surface area contributed by atoms with E-state index >= 15 is 0 Å². The van der Waals surface area contributed by atoms with Crippen molar-refractivity contribution in [3.05, 3.63) is 47.7 Å². The van der Waals surface area contributed by atoms with Crippen LogP contribution < -0.4 is 5.53 Å². The molecule has 23 heavy (non-hydrogen) atoms. The van der Waals surface area contributed by atoms with Gasteiger partial charge in [0, 0.05) is 24.9 Å². The lowest BCUT2D eigenvalue weighted by atomic mass is 10.0. The molecule has 4 heteroatoms. The van der Waals surface area contributed by atoms with Gasteiger partial charge in [0.25, 0.3) is 0 Å². The highest BCUT2D eigenvalue weighted by atomic mass is 32.1. The van der Waals surface area contributed by atoms with Crippen molar-refractivity contribution in [2.75, 3.05) is 13.1 Å². The summed E-state index contributed by atoms with van der Waals surface area (Å²) in [4.78, 5) is 0.960. The van der Waals surface area contributed by atoms with Crippen LogP contribution in [0.1, 0.15) is 51.5 Å². The zero-order valence-electron chi connectivity index (χ0n) is 14.4. The monoisotopic (exact) mass is 331 g/mol. The van der Waals surface area contributed by atoms with Crippen molar-refractivity contribution < 1.29 is 0 Å². The number of unbranched alkanes of at least 4 members (excludes halogenated alkanes) is 2. The number of thiocarbonyl (C=S) groups is 1. The smallest absolute Gasteiger partial charge is 0.122 e. The van der Waals surface area contributed by atoms with Crippen molar-refractivity contribution in [1.82, 2.24) is 15.6 Å². The summed E-state index contributed by atoms with van der Waals surface area (Å²) in [6.07, 6.45) is 8.96. The minimum atomic E-state index is 0.960. The molecule has 0 atom stereocenters. The van der Waals surface area contributed by atoms with E-state index in [0.717, 1.165) is 37.3 Å². The number of nitrogens with zero attached hydrogens (tertiary/aromatic N) is 2. The van der Waals surface area contributed by atoms with Crippen LogP contribution >= 0.6 is 12.2 Å². The number of hydrazine groups is 2. The van der Waals surface area contributed by atoms with Gasteiger partial charge in [0.05, 0.1) is 0 Å². The van der Waals surface area contributed by atoms with Gasteiger partial charge >= 0.3 is 0 Å². The summed E-state index contributed by atoms with van der Waals surface area (Å²) in [6, 6.07) is 10.6. The molecule has 0 unspecified atom stereocenters. The van der Waals surface area contributed by atoms with Crippen LogP contribution in [0.4, 0.5) is 0 Å². The zero-order chi connectivity index (χ0) is 16.5. The molecule has 1 aliphatic rings. The molecule has 1 aromatic rings. The van der Waals surface area contributed by atoms with E-state index in [1.807, 2.05) is 0 Å². The highest BCUT2D eigenvalue weighted by Crippen LogP contribution is 2.18. The Labute approximate surface area is 146 Å². The van der Waals surface area contributed by atoms with Crippen molar-refractivity contribution in [3.8, 4) is 0 Å². The van der Waals surface area contributed by atoms with Crippen molar-refractivity contribution >= 4 is 17.2 Å². The quantitative estimate of drug-likeness (QED) is 0.673. The minimum Gasteiger partial charge on any atom is -0.298 e. The molecule has 0 saturated carbocycles. The van der Waals surface area contributed by atoms with E-state index in [4.69, 9.17) is 12.2 Å². The lowest BCUT2D eigenvalue weighted by Gasteiger charge is -2.38. The third kappa shape index (κ3) is 5.63. The van der Waals surface area contributed by atoms with Crippen LogP contribution in [-0.4, -0.2) is 28.1 Å². The molecule has 2 rings (SSSR count). The van der Waals surface area contributed by atoms with Crippen LogP contribution in [0.2, 0.25) is 0 Å². The number of hydrogen-bond donors (Lipinski definition) is 1. The first-order valence-electron chi connectivity index (χ1n) is 8.84. The first-order chi connectivity index (χ1) is 11.2. The molecule has 1 aromatic carbocycles. The van der Waals surface area contributed by atoms with Gasteiger partial charge in [-0.05, 0) is 31.2 Å². The Bertz CT molecular complexity index is 513. The van der Waals surface area contributed by atoms with Crippen molar-refractivity contribution in [2.24, 2.45) is 0 Å². The first-order valence-corrected chi connectivity index (χ1v) is 9.24. The zero-order valence-corrected chi connectivity index (χ0v) is 15.2.